The van der Waals surface area contributed by atoms with Gasteiger partial charge in [-0.3, -0.25) is 4.79 Å². The summed E-state index contributed by atoms with van der Waals surface area (Å²) in [7, 11) is 1.40. The average Bonchev–Trinajstić information content (AvgIpc) is 3.11. The first kappa shape index (κ1) is 34.2. The second-order valence-electron chi connectivity index (χ2n) is 11.3. The summed E-state index contributed by atoms with van der Waals surface area (Å²) in [5.41, 5.74) is 11.9. The maximum Gasteiger partial charge on any atom is 0.309 e. The van der Waals surface area contributed by atoms with Gasteiger partial charge in [0, 0.05) is 31.0 Å². The molecule has 1 atom stereocenters. The number of nitrogens with one attached hydrogen (secondary N) is 1. The number of nitrogens with two attached hydrogens (primary N) is 1. The highest BCUT2D eigenvalue weighted by molar-refractivity contribution is 5.72. The first-order valence-corrected chi connectivity index (χ1v) is 16.0. The predicted octanol–water partition coefficient (Wildman–Crippen LogP) is 7.76. The molecular formula is C41H46N2O3. The summed E-state index contributed by atoms with van der Waals surface area (Å²) in [6.45, 7) is 4.30. The lowest BCUT2D eigenvalue weighted by molar-refractivity contribution is -0.139. The van der Waals surface area contributed by atoms with Crippen LogP contribution in [0.2, 0.25) is 0 Å². The van der Waals surface area contributed by atoms with Crippen LogP contribution in [-0.4, -0.2) is 38.8 Å². The van der Waals surface area contributed by atoms with Crippen molar-refractivity contribution in [2.24, 2.45) is 5.73 Å². The van der Waals surface area contributed by atoms with Gasteiger partial charge in [-0.15, -0.1) is 0 Å². The number of carbonyl (C=O) groups excluding carboxylic acids is 1. The Hall–Kier alpha value is -4.71. The highest BCUT2D eigenvalue weighted by atomic mass is 16.5. The molecule has 0 aliphatic heterocycles. The predicted molar refractivity (Wildman–Crippen MR) is 188 cm³/mol. The largest absolute Gasteiger partial charge is 0.494 e. The van der Waals surface area contributed by atoms with E-state index >= 15 is 0 Å². The molecule has 5 heteroatoms. The monoisotopic (exact) mass is 614 g/mol. The fraction of sp³-hybridized carbons (Fsp3) is 0.244. The first-order chi connectivity index (χ1) is 22.6. The molecule has 46 heavy (non-hydrogen) atoms. The normalized spacial score (nSPS) is 11.4. The van der Waals surface area contributed by atoms with E-state index in [0.717, 1.165) is 24.3 Å². The summed E-state index contributed by atoms with van der Waals surface area (Å²) in [4.78, 5) is 11.5. The molecule has 0 unspecified atom stereocenters. The summed E-state index contributed by atoms with van der Waals surface area (Å²) in [5.74, 6) is 1.15. The van der Waals surface area contributed by atoms with Crippen molar-refractivity contribution in [3.05, 3.63) is 173 Å². The van der Waals surface area contributed by atoms with Crippen LogP contribution in [0.3, 0.4) is 0 Å². The zero-order valence-corrected chi connectivity index (χ0v) is 26.9. The van der Waals surface area contributed by atoms with Crippen LogP contribution in [0.15, 0.2) is 146 Å². The summed E-state index contributed by atoms with van der Waals surface area (Å²) in [6, 6.07) is 50.0. The number of esters is 1. The van der Waals surface area contributed by atoms with Crippen LogP contribution < -0.4 is 15.8 Å². The van der Waals surface area contributed by atoms with E-state index in [0.29, 0.717) is 31.0 Å². The van der Waals surface area contributed by atoms with Crippen LogP contribution >= 0.6 is 0 Å². The minimum atomic E-state index is -0.249. The molecule has 0 saturated heterocycles. The molecule has 5 aromatic carbocycles. The molecular weight excluding hydrogens is 568 g/mol. The van der Waals surface area contributed by atoms with Crippen molar-refractivity contribution in [2.75, 3.05) is 26.8 Å². The van der Waals surface area contributed by atoms with Gasteiger partial charge in [0.25, 0.3) is 0 Å². The third kappa shape index (κ3) is 11.0. The van der Waals surface area contributed by atoms with E-state index in [9.17, 15) is 4.79 Å². The van der Waals surface area contributed by atoms with Gasteiger partial charge in [-0.1, -0.05) is 133 Å². The van der Waals surface area contributed by atoms with Crippen molar-refractivity contribution < 1.29 is 14.3 Å². The van der Waals surface area contributed by atoms with Gasteiger partial charge in [0.1, 0.15) is 5.75 Å². The number of hydrogen-bond donors (Lipinski definition) is 2. The highest BCUT2D eigenvalue weighted by Crippen LogP contribution is 2.24. The molecule has 0 heterocycles. The molecule has 0 saturated carbocycles. The molecule has 5 nitrogen and oxygen atoms in total. The summed E-state index contributed by atoms with van der Waals surface area (Å²) in [5, 5.41) is 3.67. The Morgan fingerprint density at radius 1 is 0.674 bits per heavy atom. The lowest BCUT2D eigenvalue weighted by atomic mass is 9.91. The molecule has 0 aromatic heterocycles. The van der Waals surface area contributed by atoms with Crippen LogP contribution in [0, 0.1) is 0 Å². The van der Waals surface area contributed by atoms with Crippen LogP contribution in [0.1, 0.15) is 53.0 Å². The van der Waals surface area contributed by atoms with E-state index in [1.54, 1.807) is 0 Å². The quantitative estimate of drug-likeness (QED) is 0.125. The van der Waals surface area contributed by atoms with Gasteiger partial charge in [0.2, 0.25) is 0 Å². The Labute approximate surface area is 274 Å². The van der Waals surface area contributed by atoms with E-state index in [2.05, 4.69) is 121 Å². The Morgan fingerprint density at radius 2 is 1.15 bits per heavy atom. The zero-order valence-electron chi connectivity index (χ0n) is 26.9. The van der Waals surface area contributed by atoms with Gasteiger partial charge in [-0.05, 0) is 53.3 Å². The topological polar surface area (TPSA) is 73.6 Å². The van der Waals surface area contributed by atoms with Crippen LogP contribution in [-0.2, 0) is 16.0 Å². The number of carbonyl (C=O) groups is 1. The SMILES string of the molecule is COC(=O)Cc1cccc(OCC[C@@H](C)NCC(c2ccccc2)c2ccccc2)c1.NCC(c1ccccc1)c1ccccc1. The zero-order chi connectivity index (χ0) is 32.4. The molecule has 0 fully saturated rings. The van der Waals surface area contributed by atoms with Gasteiger partial charge in [-0.25, -0.2) is 0 Å². The summed E-state index contributed by atoms with van der Waals surface area (Å²) < 4.78 is 10.6. The highest BCUT2D eigenvalue weighted by Gasteiger charge is 2.15. The minimum Gasteiger partial charge on any atom is -0.494 e. The van der Waals surface area contributed by atoms with Crippen LogP contribution in [0.4, 0.5) is 0 Å². The number of hydrogen-bond acceptors (Lipinski definition) is 5. The summed E-state index contributed by atoms with van der Waals surface area (Å²) >= 11 is 0. The van der Waals surface area contributed by atoms with Crippen molar-refractivity contribution in [1.82, 2.24) is 5.32 Å². The first-order valence-electron chi connectivity index (χ1n) is 16.0. The molecule has 0 bridgehead atoms. The summed E-state index contributed by atoms with van der Waals surface area (Å²) in [6.07, 6.45) is 1.14. The Bertz CT molecular complexity index is 1470. The standard InChI is InChI=1S/C27H31NO3.C14H15N/c1-21(16-17-31-25-15-9-10-22(18-25)19-27(29)30-2)28-20-26(23-11-5-3-6-12-23)24-13-7-4-8-14-24;15-11-14(12-7-3-1-4-8-12)13-9-5-2-6-10-13/h3-15,18,21,26,28H,16-17,19-20H2,1-2H3;1-10,14H,11,15H2/t21-;/m1./s1. The van der Waals surface area contributed by atoms with Gasteiger partial charge >= 0.3 is 5.97 Å². The molecule has 0 aliphatic rings. The van der Waals surface area contributed by atoms with Gasteiger partial charge in [0.05, 0.1) is 20.1 Å². The van der Waals surface area contributed by atoms with E-state index in [-0.39, 0.29) is 12.4 Å². The van der Waals surface area contributed by atoms with E-state index < -0.39 is 0 Å². The molecule has 5 aromatic rings. The molecule has 5 rings (SSSR count). The van der Waals surface area contributed by atoms with E-state index in [1.807, 2.05) is 36.4 Å². The van der Waals surface area contributed by atoms with E-state index in [4.69, 9.17) is 15.2 Å². The fourth-order valence-corrected chi connectivity index (χ4v) is 5.39. The molecule has 238 valence electrons. The number of methoxy groups -OCH3 is 1. The fourth-order valence-electron chi connectivity index (χ4n) is 5.39. The Kier molecular flexibility index (Phi) is 14.1. The maximum absolute atomic E-state index is 11.5. The van der Waals surface area contributed by atoms with Gasteiger partial charge in [-0.2, -0.15) is 0 Å². The third-order valence-electron chi connectivity index (χ3n) is 8.01. The maximum atomic E-state index is 11.5. The van der Waals surface area contributed by atoms with Crippen molar-refractivity contribution in [3.8, 4) is 5.75 Å². The van der Waals surface area contributed by atoms with Crippen LogP contribution in [0.5, 0.6) is 5.75 Å². The lowest BCUT2D eigenvalue weighted by Crippen LogP contribution is -2.32. The van der Waals surface area contributed by atoms with Gasteiger partial charge < -0.3 is 20.5 Å². The molecule has 0 aliphatic carbocycles. The second-order valence-corrected chi connectivity index (χ2v) is 11.3. The number of benzene rings is 5. The van der Waals surface area contributed by atoms with Crippen molar-refractivity contribution in [1.29, 1.82) is 0 Å². The van der Waals surface area contributed by atoms with Crippen molar-refractivity contribution in [3.63, 3.8) is 0 Å². The molecule has 0 amide bonds. The minimum absolute atomic E-state index is 0.249. The lowest BCUT2D eigenvalue weighted by Gasteiger charge is -2.22. The third-order valence-corrected chi connectivity index (χ3v) is 8.01. The van der Waals surface area contributed by atoms with Crippen molar-refractivity contribution >= 4 is 5.97 Å². The van der Waals surface area contributed by atoms with Crippen LogP contribution in [0.25, 0.3) is 0 Å². The second kappa shape index (κ2) is 18.9. The Morgan fingerprint density at radius 3 is 1.61 bits per heavy atom. The molecule has 0 spiro atoms. The number of ether oxygens (including phenoxy) is 2. The smallest absolute Gasteiger partial charge is 0.309 e. The van der Waals surface area contributed by atoms with Crippen molar-refractivity contribution in [2.45, 2.75) is 37.6 Å². The van der Waals surface area contributed by atoms with E-state index in [1.165, 1.54) is 29.4 Å². The average molecular weight is 615 g/mol. The molecule has 3 N–H and O–H groups in total. The molecule has 0 radical (unpaired) electrons. The van der Waals surface area contributed by atoms with Gasteiger partial charge in [0.15, 0.2) is 0 Å². The Balaban J connectivity index is 0.000000266. The number of rotatable bonds is 14.